The molecule has 0 spiro atoms. The molecule has 6 nitrogen and oxygen atoms in total. The second-order valence-electron chi connectivity index (χ2n) is 21.6. The van der Waals surface area contributed by atoms with Gasteiger partial charge in [-0.2, -0.15) is 0 Å². The van der Waals surface area contributed by atoms with E-state index in [0.29, 0.717) is 19.3 Å². The second kappa shape index (κ2) is 64.1. The van der Waals surface area contributed by atoms with Crippen molar-refractivity contribution >= 4 is 17.9 Å². The largest absolute Gasteiger partial charge is 0.462 e. The van der Waals surface area contributed by atoms with Crippen molar-refractivity contribution in [3.05, 3.63) is 85.1 Å². The van der Waals surface area contributed by atoms with Crippen LogP contribution in [0.3, 0.4) is 0 Å². The Bertz CT molecular complexity index is 1450. The smallest absolute Gasteiger partial charge is 0.306 e. The monoisotopic (exact) mass is 1060 g/mol. The minimum absolute atomic E-state index is 0.0795. The molecule has 0 radical (unpaired) electrons. The van der Waals surface area contributed by atoms with Crippen molar-refractivity contribution in [2.75, 3.05) is 13.2 Å². The maximum Gasteiger partial charge on any atom is 0.306 e. The van der Waals surface area contributed by atoms with Gasteiger partial charge in [-0.15, -0.1) is 0 Å². The predicted octanol–water partition coefficient (Wildman–Crippen LogP) is 22.3. The molecule has 0 rings (SSSR count). The first-order chi connectivity index (χ1) is 37.5. The van der Waals surface area contributed by atoms with Gasteiger partial charge < -0.3 is 14.2 Å². The van der Waals surface area contributed by atoms with Crippen LogP contribution >= 0.6 is 0 Å². The molecule has 1 unspecified atom stereocenters. The fraction of sp³-hybridized carbons (Fsp3) is 0.757. The van der Waals surface area contributed by atoms with Gasteiger partial charge in [0.15, 0.2) is 6.10 Å². The van der Waals surface area contributed by atoms with Crippen molar-refractivity contribution < 1.29 is 28.6 Å². The molecule has 0 bridgehead atoms. The Morgan fingerprint density at radius 3 is 0.829 bits per heavy atom. The molecule has 0 N–H and O–H groups in total. The molecule has 0 saturated heterocycles. The van der Waals surface area contributed by atoms with Crippen LogP contribution in [-0.2, 0) is 28.6 Å². The van der Waals surface area contributed by atoms with E-state index in [1.54, 1.807) is 0 Å². The highest BCUT2D eigenvalue weighted by molar-refractivity contribution is 5.71. The number of hydrogen-bond donors (Lipinski definition) is 0. The molecular weight excluding hydrogens is 937 g/mol. The topological polar surface area (TPSA) is 78.9 Å². The third-order valence-corrected chi connectivity index (χ3v) is 14.1. The number of rotatable bonds is 59. The number of carbonyl (C=O) groups excluding carboxylic acids is 3. The standard InChI is InChI=1S/C70H122O6/c1-4-7-10-13-16-19-22-25-28-30-31-32-33-34-35-36-37-38-39-40-43-45-48-51-54-57-60-63-69(72)75-66-67(65-74-68(71)62-59-56-53-50-47-44-41-27-24-21-18-15-12-9-6-3)76-70(73)64-61-58-55-52-49-46-42-29-26-23-20-17-14-11-8-5-2/h7,10,16,18-19,21,25,27-28,31-32,34-35,41,67H,4-6,8-9,11-15,17,20,22-24,26,29-30,33,36-40,42-66H2,1-3H3/b10-7-,19-16-,21-18-,28-25-,32-31-,35-34-,41-27-. The minimum Gasteiger partial charge on any atom is -0.462 e. The van der Waals surface area contributed by atoms with E-state index in [0.717, 1.165) is 109 Å². The first-order valence-corrected chi connectivity index (χ1v) is 32.6. The van der Waals surface area contributed by atoms with Crippen molar-refractivity contribution in [3.63, 3.8) is 0 Å². The predicted molar refractivity (Wildman–Crippen MR) is 330 cm³/mol. The number of esters is 3. The molecule has 0 saturated carbocycles. The summed E-state index contributed by atoms with van der Waals surface area (Å²) in [6.07, 6.45) is 84.4. The molecule has 0 aromatic rings. The van der Waals surface area contributed by atoms with E-state index in [4.69, 9.17) is 14.2 Å². The summed E-state index contributed by atoms with van der Waals surface area (Å²) in [5, 5.41) is 0. The van der Waals surface area contributed by atoms with Crippen LogP contribution in [0.1, 0.15) is 323 Å². The van der Waals surface area contributed by atoms with E-state index in [2.05, 4.69) is 106 Å². The first kappa shape index (κ1) is 72.6. The van der Waals surface area contributed by atoms with Gasteiger partial charge in [-0.3, -0.25) is 14.4 Å². The second-order valence-corrected chi connectivity index (χ2v) is 21.6. The lowest BCUT2D eigenvalue weighted by molar-refractivity contribution is -0.167. The molecule has 0 amide bonds. The number of ether oxygens (including phenoxy) is 3. The normalized spacial score (nSPS) is 12.6. The van der Waals surface area contributed by atoms with Crippen LogP contribution in [0.5, 0.6) is 0 Å². The molecular formula is C70H122O6. The zero-order valence-electron chi connectivity index (χ0n) is 50.3. The van der Waals surface area contributed by atoms with Gasteiger partial charge in [0, 0.05) is 19.3 Å². The molecule has 0 aromatic heterocycles. The van der Waals surface area contributed by atoms with Crippen LogP contribution in [0.4, 0.5) is 0 Å². The van der Waals surface area contributed by atoms with Gasteiger partial charge in [0.25, 0.3) is 0 Å². The van der Waals surface area contributed by atoms with Crippen LogP contribution < -0.4 is 0 Å². The van der Waals surface area contributed by atoms with E-state index < -0.39 is 6.10 Å². The van der Waals surface area contributed by atoms with Crippen LogP contribution in [-0.4, -0.2) is 37.2 Å². The summed E-state index contributed by atoms with van der Waals surface area (Å²) < 4.78 is 16.9. The Kier molecular flexibility index (Phi) is 61.2. The summed E-state index contributed by atoms with van der Waals surface area (Å²) >= 11 is 0. The third kappa shape index (κ3) is 61.4. The van der Waals surface area contributed by atoms with Gasteiger partial charge in [-0.1, -0.05) is 292 Å². The van der Waals surface area contributed by atoms with Gasteiger partial charge in [0.05, 0.1) is 0 Å². The van der Waals surface area contributed by atoms with Gasteiger partial charge >= 0.3 is 17.9 Å². The molecule has 76 heavy (non-hydrogen) atoms. The van der Waals surface area contributed by atoms with Gasteiger partial charge in [-0.25, -0.2) is 0 Å². The van der Waals surface area contributed by atoms with Crippen molar-refractivity contribution in [2.24, 2.45) is 0 Å². The maximum atomic E-state index is 12.9. The third-order valence-electron chi connectivity index (χ3n) is 14.1. The fourth-order valence-electron chi connectivity index (χ4n) is 9.27. The van der Waals surface area contributed by atoms with Crippen LogP contribution in [0.25, 0.3) is 0 Å². The minimum atomic E-state index is -0.782. The lowest BCUT2D eigenvalue weighted by atomic mass is 10.0. The fourth-order valence-corrected chi connectivity index (χ4v) is 9.27. The lowest BCUT2D eigenvalue weighted by Gasteiger charge is -2.18. The summed E-state index contributed by atoms with van der Waals surface area (Å²) in [6, 6.07) is 0. The number of hydrogen-bond acceptors (Lipinski definition) is 6. The highest BCUT2D eigenvalue weighted by Crippen LogP contribution is 2.17. The van der Waals surface area contributed by atoms with E-state index in [9.17, 15) is 14.4 Å². The Balaban J connectivity index is 4.30. The molecule has 0 aromatic carbocycles. The summed E-state index contributed by atoms with van der Waals surface area (Å²) in [5.41, 5.74) is 0. The Hall–Kier alpha value is -3.41. The summed E-state index contributed by atoms with van der Waals surface area (Å²) in [5.74, 6) is -0.881. The highest BCUT2D eigenvalue weighted by Gasteiger charge is 2.19. The SMILES string of the molecule is CC/C=C\C/C=C\C/C=C\C/C=C\C/C=C\CCCCCCCCCCCCCC(=O)OCC(COC(=O)CCCCCCC/C=C\C/C=C\CCCCC)OC(=O)CCCCCCCCCCCCCCCCCC. The van der Waals surface area contributed by atoms with E-state index >= 15 is 0 Å². The maximum absolute atomic E-state index is 12.9. The molecule has 438 valence electrons. The van der Waals surface area contributed by atoms with Gasteiger partial charge in [0.1, 0.15) is 13.2 Å². The molecule has 1 atom stereocenters. The first-order valence-electron chi connectivity index (χ1n) is 32.6. The zero-order valence-corrected chi connectivity index (χ0v) is 50.3. The van der Waals surface area contributed by atoms with Crippen LogP contribution in [0.15, 0.2) is 85.1 Å². The molecule has 0 fully saturated rings. The average Bonchev–Trinajstić information content (AvgIpc) is 3.42. The van der Waals surface area contributed by atoms with E-state index in [1.165, 1.54) is 173 Å². The summed E-state index contributed by atoms with van der Waals surface area (Å²) in [7, 11) is 0. The quantitative estimate of drug-likeness (QED) is 0.0261. The van der Waals surface area contributed by atoms with Gasteiger partial charge in [0.2, 0.25) is 0 Å². The Morgan fingerprint density at radius 2 is 0.513 bits per heavy atom. The van der Waals surface area contributed by atoms with Crippen molar-refractivity contribution in [3.8, 4) is 0 Å². The number of allylic oxidation sites excluding steroid dienone is 14. The molecule has 0 aliphatic carbocycles. The van der Waals surface area contributed by atoms with Crippen LogP contribution in [0.2, 0.25) is 0 Å². The van der Waals surface area contributed by atoms with Crippen LogP contribution in [0, 0.1) is 0 Å². The highest BCUT2D eigenvalue weighted by atomic mass is 16.6. The molecule has 6 heteroatoms. The molecule has 0 aliphatic rings. The average molecular weight is 1060 g/mol. The van der Waals surface area contributed by atoms with Crippen molar-refractivity contribution in [1.29, 1.82) is 0 Å². The molecule has 0 aliphatic heterocycles. The number of unbranched alkanes of at least 4 members (excludes halogenated alkanes) is 34. The van der Waals surface area contributed by atoms with E-state index in [1.807, 2.05) is 0 Å². The van der Waals surface area contributed by atoms with Gasteiger partial charge in [-0.05, 0) is 96.3 Å². The Morgan fingerprint density at radius 1 is 0.276 bits per heavy atom. The zero-order chi connectivity index (χ0) is 55.0. The Labute approximate surface area is 471 Å². The lowest BCUT2D eigenvalue weighted by Crippen LogP contribution is -2.30. The van der Waals surface area contributed by atoms with E-state index in [-0.39, 0.29) is 31.1 Å². The van der Waals surface area contributed by atoms with Crippen molar-refractivity contribution in [2.45, 2.75) is 329 Å². The summed E-state index contributed by atoms with van der Waals surface area (Å²) in [6.45, 7) is 6.52. The van der Waals surface area contributed by atoms with Crippen molar-refractivity contribution in [1.82, 2.24) is 0 Å². The summed E-state index contributed by atoms with van der Waals surface area (Å²) in [4.78, 5) is 38.3. The number of carbonyl (C=O) groups is 3. The molecule has 0 heterocycles.